The maximum Gasteiger partial charge on any atom is 0.258 e. The molecule has 0 heterocycles. The number of para-hydroxylation sites is 1. The smallest absolute Gasteiger partial charge is 0.258 e. The molecule has 2 rings (SSSR count). The summed E-state index contributed by atoms with van der Waals surface area (Å²) in [5.74, 6) is 6.01. The van der Waals surface area contributed by atoms with E-state index in [1.165, 1.54) is 12.1 Å². The fourth-order valence-electron chi connectivity index (χ4n) is 1.82. The van der Waals surface area contributed by atoms with Crippen molar-refractivity contribution in [2.24, 2.45) is 0 Å². The van der Waals surface area contributed by atoms with Gasteiger partial charge in [0, 0.05) is 6.07 Å². The van der Waals surface area contributed by atoms with E-state index in [0.29, 0.717) is 11.5 Å². The third kappa shape index (κ3) is 6.43. The van der Waals surface area contributed by atoms with Gasteiger partial charge >= 0.3 is 0 Å². The summed E-state index contributed by atoms with van der Waals surface area (Å²) in [6, 6.07) is 13.1. The van der Waals surface area contributed by atoms with E-state index >= 15 is 0 Å². The van der Waals surface area contributed by atoms with Crippen LogP contribution in [-0.4, -0.2) is 32.8 Å². The molecular weight excluding hydrogens is 325 g/mol. The average Bonchev–Trinajstić information content (AvgIpc) is 2.64. The highest BCUT2D eigenvalue weighted by molar-refractivity contribution is 5.77. The molecule has 0 saturated heterocycles. The van der Waals surface area contributed by atoms with Gasteiger partial charge in [0.05, 0.1) is 13.7 Å². The van der Waals surface area contributed by atoms with Crippen LogP contribution in [0.2, 0.25) is 0 Å². The van der Waals surface area contributed by atoms with E-state index in [2.05, 4.69) is 17.2 Å². The first kappa shape index (κ1) is 18.1. The quantitative estimate of drug-likeness (QED) is 0.785. The molecule has 0 aliphatic carbocycles. The van der Waals surface area contributed by atoms with E-state index in [4.69, 9.17) is 14.2 Å². The van der Waals surface area contributed by atoms with Crippen molar-refractivity contribution in [1.29, 1.82) is 0 Å². The number of hydrogen-bond acceptors (Lipinski definition) is 4. The molecule has 1 N–H and O–H groups in total. The van der Waals surface area contributed by atoms with Gasteiger partial charge in [-0.2, -0.15) is 0 Å². The van der Waals surface area contributed by atoms with Gasteiger partial charge in [-0.15, -0.1) is 0 Å². The van der Waals surface area contributed by atoms with Crippen molar-refractivity contribution in [3.63, 3.8) is 0 Å². The lowest BCUT2D eigenvalue weighted by Gasteiger charge is -2.07. The highest BCUT2D eigenvalue weighted by Crippen LogP contribution is 2.18. The van der Waals surface area contributed by atoms with Crippen molar-refractivity contribution in [2.75, 3.05) is 26.9 Å². The van der Waals surface area contributed by atoms with Crippen molar-refractivity contribution < 1.29 is 23.4 Å². The van der Waals surface area contributed by atoms with Crippen LogP contribution in [0.5, 0.6) is 17.2 Å². The van der Waals surface area contributed by atoms with Crippen LogP contribution in [0.15, 0.2) is 48.5 Å². The summed E-state index contributed by atoms with van der Waals surface area (Å²) in [5.41, 5.74) is 0. The molecule has 0 aliphatic heterocycles. The number of ether oxygens (including phenoxy) is 3. The molecule has 2 aromatic rings. The summed E-state index contributed by atoms with van der Waals surface area (Å²) in [6.07, 6.45) is 0. The van der Waals surface area contributed by atoms with Crippen LogP contribution in [0.4, 0.5) is 4.39 Å². The van der Waals surface area contributed by atoms with Gasteiger partial charge in [-0.25, -0.2) is 4.39 Å². The lowest BCUT2D eigenvalue weighted by molar-refractivity contribution is -0.122. The Balaban J connectivity index is 1.64. The van der Waals surface area contributed by atoms with Gasteiger partial charge in [0.1, 0.15) is 18.1 Å². The number of amides is 1. The SMILES string of the molecule is COc1cccc(OCC(=O)NCC#CCOc2ccccc2F)c1. The number of hydrogen-bond donors (Lipinski definition) is 1. The maximum absolute atomic E-state index is 13.3. The van der Waals surface area contributed by atoms with Crippen LogP contribution in [0, 0.1) is 17.7 Å². The summed E-state index contributed by atoms with van der Waals surface area (Å²) in [4.78, 5) is 11.7. The molecule has 0 fully saturated rings. The number of carbonyl (C=O) groups is 1. The van der Waals surface area contributed by atoms with Gasteiger partial charge in [-0.05, 0) is 24.3 Å². The molecule has 0 radical (unpaired) electrons. The fraction of sp³-hybridized carbons (Fsp3) is 0.211. The molecule has 2 aromatic carbocycles. The number of benzene rings is 2. The van der Waals surface area contributed by atoms with E-state index in [0.717, 1.165) is 0 Å². The monoisotopic (exact) mass is 343 g/mol. The van der Waals surface area contributed by atoms with Crippen LogP contribution in [0.3, 0.4) is 0 Å². The Morgan fingerprint density at radius 3 is 2.68 bits per heavy atom. The largest absolute Gasteiger partial charge is 0.497 e. The number of nitrogens with one attached hydrogen (secondary N) is 1. The first-order valence-corrected chi connectivity index (χ1v) is 7.55. The normalized spacial score (nSPS) is 9.52. The molecule has 0 aliphatic rings. The van der Waals surface area contributed by atoms with Crippen LogP contribution >= 0.6 is 0 Å². The van der Waals surface area contributed by atoms with Crippen LogP contribution in [0.1, 0.15) is 0 Å². The Bertz CT molecular complexity index is 767. The molecule has 0 bridgehead atoms. The Morgan fingerprint density at radius 1 is 1.08 bits per heavy atom. The molecule has 5 nitrogen and oxygen atoms in total. The first-order chi connectivity index (χ1) is 12.2. The average molecular weight is 343 g/mol. The Hall–Kier alpha value is -3.20. The first-order valence-electron chi connectivity index (χ1n) is 7.55. The molecule has 0 unspecified atom stereocenters. The second-order valence-electron chi connectivity index (χ2n) is 4.82. The van der Waals surface area contributed by atoms with Gasteiger partial charge in [0.25, 0.3) is 5.91 Å². The Labute approximate surface area is 145 Å². The van der Waals surface area contributed by atoms with Crippen LogP contribution < -0.4 is 19.5 Å². The Morgan fingerprint density at radius 2 is 1.88 bits per heavy atom. The summed E-state index contributed by atoms with van der Waals surface area (Å²) in [6.45, 7) is 0.0681. The second-order valence-corrected chi connectivity index (χ2v) is 4.82. The van der Waals surface area contributed by atoms with E-state index in [1.807, 2.05) is 0 Å². The maximum atomic E-state index is 13.3. The van der Waals surface area contributed by atoms with Gasteiger partial charge in [-0.1, -0.05) is 30.0 Å². The van der Waals surface area contributed by atoms with Gasteiger partial charge < -0.3 is 19.5 Å². The predicted octanol–water partition coefficient (Wildman–Crippen LogP) is 2.41. The van der Waals surface area contributed by atoms with Crippen LogP contribution in [0.25, 0.3) is 0 Å². The van der Waals surface area contributed by atoms with Gasteiger partial charge in [0.15, 0.2) is 18.2 Å². The Kier molecular flexibility index (Phi) is 7.13. The highest BCUT2D eigenvalue weighted by Gasteiger charge is 2.02. The van der Waals surface area contributed by atoms with Crippen molar-refractivity contribution in [3.8, 4) is 29.1 Å². The summed E-state index contributed by atoms with van der Waals surface area (Å²) < 4.78 is 28.9. The van der Waals surface area contributed by atoms with Crippen molar-refractivity contribution in [2.45, 2.75) is 0 Å². The molecule has 0 atom stereocenters. The molecular formula is C19H18FNO4. The summed E-state index contributed by atoms with van der Waals surface area (Å²) in [7, 11) is 1.56. The zero-order valence-corrected chi connectivity index (χ0v) is 13.8. The summed E-state index contributed by atoms with van der Waals surface area (Å²) in [5, 5.41) is 2.59. The third-order valence-electron chi connectivity index (χ3n) is 3.05. The number of halogens is 1. The zero-order chi connectivity index (χ0) is 17.9. The molecule has 25 heavy (non-hydrogen) atoms. The molecule has 0 aromatic heterocycles. The lowest BCUT2D eigenvalue weighted by Crippen LogP contribution is -2.29. The second kappa shape index (κ2) is 9.83. The number of methoxy groups -OCH3 is 1. The van der Waals surface area contributed by atoms with E-state index in [1.54, 1.807) is 43.5 Å². The molecule has 6 heteroatoms. The molecule has 130 valence electrons. The summed E-state index contributed by atoms with van der Waals surface area (Å²) >= 11 is 0. The zero-order valence-electron chi connectivity index (χ0n) is 13.8. The number of carbonyl (C=O) groups excluding carboxylic acids is 1. The highest BCUT2D eigenvalue weighted by atomic mass is 19.1. The molecule has 0 saturated carbocycles. The van der Waals surface area contributed by atoms with Crippen molar-refractivity contribution >= 4 is 5.91 Å². The van der Waals surface area contributed by atoms with Crippen molar-refractivity contribution in [3.05, 3.63) is 54.3 Å². The van der Waals surface area contributed by atoms with Gasteiger partial charge in [-0.3, -0.25) is 4.79 Å². The lowest BCUT2D eigenvalue weighted by atomic mass is 10.3. The van der Waals surface area contributed by atoms with E-state index < -0.39 is 5.82 Å². The van der Waals surface area contributed by atoms with Gasteiger partial charge in [0.2, 0.25) is 0 Å². The molecule has 1 amide bonds. The van der Waals surface area contributed by atoms with Crippen molar-refractivity contribution in [1.82, 2.24) is 5.32 Å². The van der Waals surface area contributed by atoms with E-state index in [-0.39, 0.29) is 31.4 Å². The minimum atomic E-state index is -0.438. The number of rotatable bonds is 7. The standard InChI is InChI=1S/C19H18FNO4/c1-23-15-7-6-8-16(13-15)25-14-19(22)21-11-4-5-12-24-18-10-3-2-9-17(18)20/h2-3,6-10,13H,11-12,14H2,1H3,(H,21,22). The third-order valence-corrected chi connectivity index (χ3v) is 3.05. The minimum Gasteiger partial charge on any atom is -0.497 e. The van der Waals surface area contributed by atoms with Crippen LogP contribution in [-0.2, 0) is 4.79 Å². The minimum absolute atomic E-state index is 0.0388. The predicted molar refractivity (Wildman–Crippen MR) is 91.2 cm³/mol. The fourth-order valence-corrected chi connectivity index (χ4v) is 1.82. The van der Waals surface area contributed by atoms with E-state index in [9.17, 15) is 9.18 Å². The molecule has 0 spiro atoms. The topological polar surface area (TPSA) is 56.8 Å².